The monoisotopic (exact) mass is 364 g/mol. The summed E-state index contributed by atoms with van der Waals surface area (Å²) in [7, 11) is 0. The molecular weight excluding hydrogens is 336 g/mol. The molecule has 1 amide bonds. The highest BCUT2D eigenvalue weighted by atomic mass is 16.2. The van der Waals surface area contributed by atoms with Gasteiger partial charge in [0, 0.05) is 43.6 Å². The Kier molecular flexibility index (Phi) is 5.48. The second-order valence-electron chi connectivity index (χ2n) is 7.79. The van der Waals surface area contributed by atoms with E-state index in [9.17, 15) is 4.79 Å². The van der Waals surface area contributed by atoms with Gasteiger partial charge in [0.15, 0.2) is 0 Å². The number of pyridine rings is 2. The van der Waals surface area contributed by atoms with Crippen molar-refractivity contribution in [2.45, 2.75) is 45.1 Å². The topological polar surface area (TPSA) is 49.3 Å². The summed E-state index contributed by atoms with van der Waals surface area (Å²) < 4.78 is 0. The van der Waals surface area contributed by atoms with Crippen LogP contribution in [0.15, 0.2) is 36.7 Å². The highest BCUT2D eigenvalue weighted by molar-refractivity contribution is 5.95. The zero-order valence-corrected chi connectivity index (χ0v) is 16.1. The van der Waals surface area contributed by atoms with Gasteiger partial charge in [0.25, 0.3) is 5.91 Å². The molecule has 0 spiro atoms. The Morgan fingerprint density at radius 1 is 1.04 bits per heavy atom. The predicted octanol–water partition coefficient (Wildman–Crippen LogP) is 3.40. The molecule has 5 heteroatoms. The minimum Gasteiger partial charge on any atom is -0.339 e. The molecule has 2 aromatic rings. The lowest BCUT2D eigenvalue weighted by Gasteiger charge is -2.32. The molecule has 2 fully saturated rings. The lowest BCUT2D eigenvalue weighted by Crippen LogP contribution is -2.34. The number of aromatic nitrogens is 2. The molecule has 0 N–H and O–H groups in total. The summed E-state index contributed by atoms with van der Waals surface area (Å²) in [6.45, 7) is 6.84. The number of hydrogen-bond acceptors (Lipinski definition) is 4. The number of carbonyl (C=O) groups excluding carboxylic acids is 1. The van der Waals surface area contributed by atoms with Crippen LogP contribution in [0.3, 0.4) is 0 Å². The summed E-state index contributed by atoms with van der Waals surface area (Å²) in [6.07, 6.45) is 8.06. The molecule has 142 valence electrons. The average Bonchev–Trinajstić information content (AvgIpc) is 3.24. The maximum absolute atomic E-state index is 13.0. The maximum atomic E-state index is 13.0. The lowest BCUT2D eigenvalue weighted by atomic mass is 9.89. The zero-order chi connectivity index (χ0) is 18.6. The molecule has 0 radical (unpaired) electrons. The second-order valence-corrected chi connectivity index (χ2v) is 7.79. The molecule has 0 aromatic carbocycles. The van der Waals surface area contributed by atoms with Crippen LogP contribution in [0.1, 0.15) is 58.9 Å². The van der Waals surface area contributed by atoms with Crippen molar-refractivity contribution < 1.29 is 4.79 Å². The van der Waals surface area contributed by atoms with Crippen LogP contribution in [-0.2, 0) is 6.54 Å². The third-order valence-corrected chi connectivity index (χ3v) is 5.82. The van der Waals surface area contributed by atoms with E-state index in [1.54, 1.807) is 0 Å². The molecule has 0 bridgehead atoms. The van der Waals surface area contributed by atoms with Crippen LogP contribution in [0.2, 0.25) is 0 Å². The molecule has 0 saturated carbocycles. The van der Waals surface area contributed by atoms with Crippen LogP contribution in [0.5, 0.6) is 0 Å². The standard InChI is InChI=1S/C22H28N4O/c1-17-4-5-20(22(27)26-12-2-3-13-26)21(24-17)19-8-14-25(15-9-19)16-18-6-10-23-11-7-18/h4-7,10-11,19H,2-3,8-9,12-16H2,1H3. The van der Waals surface area contributed by atoms with Crippen molar-refractivity contribution in [1.82, 2.24) is 19.8 Å². The Balaban J connectivity index is 1.46. The largest absolute Gasteiger partial charge is 0.339 e. The third kappa shape index (κ3) is 4.19. The minimum absolute atomic E-state index is 0.175. The number of hydrogen-bond donors (Lipinski definition) is 0. The van der Waals surface area contributed by atoms with Crippen LogP contribution in [-0.4, -0.2) is 51.9 Å². The van der Waals surface area contributed by atoms with E-state index in [0.717, 1.165) is 75.4 Å². The first kappa shape index (κ1) is 18.1. The highest BCUT2D eigenvalue weighted by Crippen LogP contribution is 2.31. The molecule has 4 rings (SSSR count). The molecule has 27 heavy (non-hydrogen) atoms. The number of carbonyl (C=O) groups is 1. The first-order valence-corrected chi connectivity index (χ1v) is 10.1. The number of likely N-dealkylation sites (tertiary alicyclic amines) is 2. The van der Waals surface area contributed by atoms with Crippen molar-refractivity contribution in [3.8, 4) is 0 Å². The lowest BCUT2D eigenvalue weighted by molar-refractivity contribution is 0.0789. The molecule has 0 aliphatic carbocycles. The molecule has 2 aliphatic rings. The van der Waals surface area contributed by atoms with Crippen molar-refractivity contribution in [2.24, 2.45) is 0 Å². The second kappa shape index (κ2) is 8.17. The van der Waals surface area contributed by atoms with Crippen molar-refractivity contribution in [1.29, 1.82) is 0 Å². The van der Waals surface area contributed by atoms with Gasteiger partial charge < -0.3 is 4.90 Å². The first-order valence-electron chi connectivity index (χ1n) is 10.1. The number of rotatable bonds is 4. The number of aryl methyl sites for hydroxylation is 1. The Bertz CT molecular complexity index is 778. The van der Waals surface area contributed by atoms with E-state index < -0.39 is 0 Å². The molecule has 5 nitrogen and oxygen atoms in total. The van der Waals surface area contributed by atoms with E-state index in [4.69, 9.17) is 4.98 Å². The number of amides is 1. The fraction of sp³-hybridized carbons (Fsp3) is 0.500. The summed E-state index contributed by atoms with van der Waals surface area (Å²) in [6, 6.07) is 8.15. The molecular formula is C22H28N4O. The van der Waals surface area contributed by atoms with E-state index in [-0.39, 0.29) is 5.91 Å². The SMILES string of the molecule is Cc1ccc(C(=O)N2CCCC2)c(C2CCN(Cc3ccncc3)CC2)n1. The predicted molar refractivity (Wildman–Crippen MR) is 106 cm³/mol. The van der Waals surface area contributed by atoms with Gasteiger partial charge in [-0.05, 0) is 75.5 Å². The smallest absolute Gasteiger partial charge is 0.255 e. The van der Waals surface area contributed by atoms with Gasteiger partial charge in [0.2, 0.25) is 0 Å². The Morgan fingerprint density at radius 3 is 2.44 bits per heavy atom. The summed E-state index contributed by atoms with van der Waals surface area (Å²) in [4.78, 5) is 26.4. The van der Waals surface area contributed by atoms with Crippen LogP contribution < -0.4 is 0 Å². The number of nitrogens with zero attached hydrogens (tertiary/aromatic N) is 4. The van der Waals surface area contributed by atoms with Gasteiger partial charge in [-0.1, -0.05) is 0 Å². The van der Waals surface area contributed by atoms with Crippen LogP contribution in [0.4, 0.5) is 0 Å². The molecule has 2 aromatic heterocycles. The quantitative estimate of drug-likeness (QED) is 0.834. The number of piperidine rings is 1. The molecule has 0 atom stereocenters. The van der Waals surface area contributed by atoms with Crippen molar-refractivity contribution >= 4 is 5.91 Å². The molecule has 2 aliphatic heterocycles. The van der Waals surface area contributed by atoms with Gasteiger partial charge in [-0.3, -0.25) is 19.7 Å². The van der Waals surface area contributed by atoms with E-state index >= 15 is 0 Å². The highest BCUT2D eigenvalue weighted by Gasteiger charge is 2.28. The third-order valence-electron chi connectivity index (χ3n) is 5.82. The maximum Gasteiger partial charge on any atom is 0.255 e. The summed E-state index contributed by atoms with van der Waals surface area (Å²) in [5, 5.41) is 0. The fourth-order valence-electron chi connectivity index (χ4n) is 4.27. The van der Waals surface area contributed by atoms with Gasteiger partial charge in [-0.2, -0.15) is 0 Å². The van der Waals surface area contributed by atoms with Crippen molar-refractivity contribution in [3.05, 3.63) is 59.2 Å². The van der Waals surface area contributed by atoms with E-state index in [0.29, 0.717) is 5.92 Å². The Labute approximate surface area is 161 Å². The fourth-order valence-corrected chi connectivity index (χ4v) is 4.27. The molecule has 2 saturated heterocycles. The summed E-state index contributed by atoms with van der Waals surface area (Å²) in [5.41, 5.74) is 4.16. The average molecular weight is 364 g/mol. The summed E-state index contributed by atoms with van der Waals surface area (Å²) >= 11 is 0. The molecule has 4 heterocycles. The van der Waals surface area contributed by atoms with Gasteiger partial charge in [-0.25, -0.2) is 0 Å². The van der Waals surface area contributed by atoms with E-state index in [1.165, 1.54) is 5.56 Å². The Morgan fingerprint density at radius 2 is 1.74 bits per heavy atom. The van der Waals surface area contributed by atoms with Gasteiger partial charge in [-0.15, -0.1) is 0 Å². The van der Waals surface area contributed by atoms with E-state index in [2.05, 4.69) is 22.0 Å². The Hall–Kier alpha value is -2.27. The minimum atomic E-state index is 0.175. The van der Waals surface area contributed by atoms with Crippen LogP contribution in [0.25, 0.3) is 0 Å². The van der Waals surface area contributed by atoms with Gasteiger partial charge in [0.1, 0.15) is 0 Å². The van der Waals surface area contributed by atoms with E-state index in [1.807, 2.05) is 36.4 Å². The first-order chi connectivity index (χ1) is 13.2. The van der Waals surface area contributed by atoms with Crippen molar-refractivity contribution in [3.63, 3.8) is 0 Å². The summed E-state index contributed by atoms with van der Waals surface area (Å²) in [5.74, 6) is 0.550. The van der Waals surface area contributed by atoms with Crippen molar-refractivity contribution in [2.75, 3.05) is 26.2 Å². The van der Waals surface area contributed by atoms with Crippen LogP contribution in [0, 0.1) is 6.92 Å². The zero-order valence-electron chi connectivity index (χ0n) is 16.1. The van der Waals surface area contributed by atoms with Crippen LogP contribution >= 0.6 is 0 Å². The molecule has 0 unspecified atom stereocenters. The van der Waals surface area contributed by atoms with Gasteiger partial charge in [0.05, 0.1) is 11.3 Å². The normalized spacial score (nSPS) is 18.8. The van der Waals surface area contributed by atoms with Gasteiger partial charge >= 0.3 is 0 Å².